The van der Waals surface area contributed by atoms with Crippen LogP contribution < -0.4 is 5.73 Å². The first kappa shape index (κ1) is 17.4. The number of benzene rings is 2. The lowest BCUT2D eigenvalue weighted by molar-refractivity contribution is 0.582. The van der Waals surface area contributed by atoms with Crippen LogP contribution in [0, 0.1) is 18.6 Å². The summed E-state index contributed by atoms with van der Waals surface area (Å²) in [6.45, 7) is 1.90. The van der Waals surface area contributed by atoms with E-state index in [1.807, 2.05) is 0 Å². The monoisotopic (exact) mass is 385 g/mol. The molecule has 27 heavy (non-hydrogen) atoms. The Hall–Kier alpha value is -3.06. The predicted molar refractivity (Wildman–Crippen MR) is 100 cm³/mol. The van der Waals surface area contributed by atoms with Crippen LogP contribution in [0.1, 0.15) is 11.3 Å². The van der Waals surface area contributed by atoms with Gasteiger partial charge in [-0.2, -0.15) is 5.10 Å². The highest BCUT2D eigenvalue weighted by Crippen LogP contribution is 2.28. The van der Waals surface area contributed by atoms with Crippen LogP contribution in [-0.4, -0.2) is 19.7 Å². The second-order valence-electron chi connectivity index (χ2n) is 6.05. The Balaban J connectivity index is 1.84. The average molecular weight is 386 g/mol. The van der Waals surface area contributed by atoms with Crippen LogP contribution in [0.2, 0.25) is 5.02 Å². The molecule has 4 rings (SSSR count). The third-order valence-electron chi connectivity index (χ3n) is 4.37. The molecule has 0 saturated carbocycles. The topological polar surface area (TPSA) is 69.6 Å². The summed E-state index contributed by atoms with van der Waals surface area (Å²) in [4.78, 5) is 8.57. The molecule has 5 nitrogen and oxygen atoms in total. The number of aromatic nitrogens is 4. The van der Waals surface area contributed by atoms with Crippen LogP contribution in [-0.2, 0) is 6.54 Å². The molecular formula is C19H14ClF2N5. The van der Waals surface area contributed by atoms with Crippen LogP contribution in [0.3, 0.4) is 0 Å². The third-order valence-corrected chi connectivity index (χ3v) is 4.72. The van der Waals surface area contributed by atoms with E-state index < -0.39 is 11.6 Å². The maximum atomic E-state index is 14.1. The summed E-state index contributed by atoms with van der Waals surface area (Å²) in [7, 11) is 0. The lowest BCUT2D eigenvalue weighted by atomic mass is 10.2. The maximum absolute atomic E-state index is 14.1. The highest BCUT2D eigenvalue weighted by atomic mass is 35.5. The molecular weight excluding hydrogens is 372 g/mol. The molecule has 0 amide bonds. The van der Waals surface area contributed by atoms with Crippen molar-refractivity contribution in [3.05, 3.63) is 70.4 Å². The van der Waals surface area contributed by atoms with Crippen molar-refractivity contribution in [1.82, 2.24) is 19.7 Å². The van der Waals surface area contributed by atoms with Gasteiger partial charge in [0, 0.05) is 16.3 Å². The highest BCUT2D eigenvalue weighted by molar-refractivity contribution is 6.31. The van der Waals surface area contributed by atoms with Gasteiger partial charge < -0.3 is 5.73 Å². The van der Waals surface area contributed by atoms with Crippen molar-refractivity contribution in [2.75, 3.05) is 5.73 Å². The van der Waals surface area contributed by atoms with Crippen molar-refractivity contribution in [2.24, 2.45) is 0 Å². The molecule has 2 aromatic carbocycles. The van der Waals surface area contributed by atoms with E-state index in [2.05, 4.69) is 15.1 Å². The summed E-state index contributed by atoms with van der Waals surface area (Å²) in [5.74, 6) is -0.550. The van der Waals surface area contributed by atoms with Gasteiger partial charge in [0.1, 0.15) is 17.5 Å². The standard InChI is InChI=1S/C19H14ClF2N5/c1-10-16-17(23)24-18(11-5-2-3-7-14(11)21)25-19(16)26-27(10)9-12-13(20)6-4-8-15(12)22/h2-8H,9H2,1H3,(H2,23,24,25,26). The van der Waals surface area contributed by atoms with Gasteiger partial charge in [-0.1, -0.05) is 29.8 Å². The minimum Gasteiger partial charge on any atom is -0.383 e. The molecule has 0 aliphatic rings. The summed E-state index contributed by atoms with van der Waals surface area (Å²) < 4.78 is 29.7. The lowest BCUT2D eigenvalue weighted by Gasteiger charge is -2.07. The SMILES string of the molecule is Cc1c2c(N)nc(-c3ccccc3F)nc2nn1Cc1c(F)cccc1Cl. The van der Waals surface area contributed by atoms with Crippen LogP contribution in [0.4, 0.5) is 14.6 Å². The predicted octanol–water partition coefficient (Wildman–Crippen LogP) is 4.36. The molecule has 2 aromatic heterocycles. The zero-order valence-electron chi connectivity index (χ0n) is 14.2. The van der Waals surface area contributed by atoms with Crippen molar-refractivity contribution >= 4 is 28.5 Å². The largest absolute Gasteiger partial charge is 0.383 e. The first-order valence-electron chi connectivity index (χ1n) is 8.14. The van der Waals surface area contributed by atoms with Gasteiger partial charge in [-0.25, -0.2) is 18.7 Å². The Morgan fingerprint density at radius 3 is 2.52 bits per heavy atom. The number of hydrogen-bond acceptors (Lipinski definition) is 4. The number of anilines is 1. The molecule has 0 aliphatic heterocycles. The van der Waals surface area contributed by atoms with Gasteiger partial charge in [-0.05, 0) is 31.2 Å². The Morgan fingerprint density at radius 1 is 1.04 bits per heavy atom. The van der Waals surface area contributed by atoms with Gasteiger partial charge in [0.05, 0.1) is 17.5 Å². The van der Waals surface area contributed by atoms with E-state index in [4.69, 9.17) is 17.3 Å². The zero-order valence-corrected chi connectivity index (χ0v) is 15.0. The smallest absolute Gasteiger partial charge is 0.187 e. The maximum Gasteiger partial charge on any atom is 0.187 e. The Morgan fingerprint density at radius 2 is 1.78 bits per heavy atom. The van der Waals surface area contributed by atoms with Gasteiger partial charge >= 0.3 is 0 Å². The molecule has 0 bridgehead atoms. The van der Waals surface area contributed by atoms with Crippen molar-refractivity contribution in [2.45, 2.75) is 13.5 Å². The molecule has 0 saturated heterocycles. The Labute approximate surface area is 158 Å². The van der Waals surface area contributed by atoms with Gasteiger partial charge in [-0.3, -0.25) is 4.68 Å². The van der Waals surface area contributed by atoms with Gasteiger partial charge in [0.25, 0.3) is 0 Å². The van der Waals surface area contributed by atoms with Crippen molar-refractivity contribution in [1.29, 1.82) is 0 Å². The molecule has 0 atom stereocenters. The van der Waals surface area contributed by atoms with Gasteiger partial charge in [-0.15, -0.1) is 0 Å². The van der Waals surface area contributed by atoms with Crippen LogP contribution >= 0.6 is 11.6 Å². The van der Waals surface area contributed by atoms with Crippen LogP contribution in [0.5, 0.6) is 0 Å². The number of halogens is 3. The molecule has 0 fully saturated rings. The number of nitrogen functional groups attached to an aromatic ring is 1. The first-order chi connectivity index (χ1) is 13.0. The summed E-state index contributed by atoms with van der Waals surface area (Å²) in [5.41, 5.74) is 7.61. The quantitative estimate of drug-likeness (QED) is 0.568. The molecule has 0 unspecified atom stereocenters. The van der Waals surface area contributed by atoms with Crippen molar-refractivity contribution in [3.63, 3.8) is 0 Å². The first-order valence-corrected chi connectivity index (χ1v) is 8.52. The van der Waals surface area contributed by atoms with Crippen LogP contribution in [0.15, 0.2) is 42.5 Å². The summed E-state index contributed by atoms with van der Waals surface area (Å²) in [6.07, 6.45) is 0. The van der Waals surface area contributed by atoms with E-state index in [1.165, 1.54) is 18.2 Å². The molecule has 0 radical (unpaired) electrons. The van der Waals surface area contributed by atoms with E-state index in [0.717, 1.165) is 0 Å². The van der Waals surface area contributed by atoms with E-state index in [9.17, 15) is 8.78 Å². The van der Waals surface area contributed by atoms with E-state index in [0.29, 0.717) is 27.3 Å². The number of rotatable bonds is 3. The second-order valence-corrected chi connectivity index (χ2v) is 6.46. The average Bonchev–Trinajstić information content (AvgIpc) is 2.95. The molecule has 4 aromatic rings. The Bertz CT molecular complexity index is 1150. The van der Waals surface area contributed by atoms with Crippen LogP contribution in [0.25, 0.3) is 22.4 Å². The minimum atomic E-state index is -0.453. The summed E-state index contributed by atoms with van der Waals surface area (Å²) in [6, 6.07) is 10.6. The number of fused-ring (bicyclic) bond motifs is 1. The zero-order chi connectivity index (χ0) is 19.1. The summed E-state index contributed by atoms with van der Waals surface area (Å²) >= 11 is 6.11. The Kier molecular flexibility index (Phi) is 4.24. The van der Waals surface area contributed by atoms with Crippen molar-refractivity contribution in [3.8, 4) is 11.4 Å². The van der Waals surface area contributed by atoms with Gasteiger partial charge in [0.2, 0.25) is 0 Å². The minimum absolute atomic E-state index is 0.113. The number of aryl methyl sites for hydroxylation is 1. The molecule has 8 heteroatoms. The van der Waals surface area contributed by atoms with E-state index in [-0.39, 0.29) is 23.8 Å². The summed E-state index contributed by atoms with van der Waals surface area (Å²) in [5, 5.41) is 5.25. The van der Waals surface area contributed by atoms with E-state index in [1.54, 1.807) is 35.9 Å². The molecule has 2 heterocycles. The third kappa shape index (κ3) is 3.00. The van der Waals surface area contributed by atoms with E-state index >= 15 is 0 Å². The number of nitrogens with two attached hydrogens (primary N) is 1. The van der Waals surface area contributed by atoms with Gasteiger partial charge in [0.15, 0.2) is 11.5 Å². The fraction of sp³-hybridized carbons (Fsp3) is 0.105. The number of hydrogen-bond donors (Lipinski definition) is 1. The second kappa shape index (κ2) is 6.59. The fourth-order valence-electron chi connectivity index (χ4n) is 2.95. The van der Waals surface area contributed by atoms with Crippen molar-refractivity contribution < 1.29 is 8.78 Å². The highest BCUT2D eigenvalue weighted by Gasteiger charge is 2.18. The number of nitrogens with zero attached hydrogens (tertiary/aromatic N) is 4. The lowest BCUT2D eigenvalue weighted by Crippen LogP contribution is -2.06. The normalized spacial score (nSPS) is 11.3. The molecule has 0 aliphatic carbocycles. The molecule has 136 valence electrons. The fourth-order valence-corrected chi connectivity index (χ4v) is 3.18. The molecule has 2 N–H and O–H groups in total. The molecule has 0 spiro atoms.